The van der Waals surface area contributed by atoms with Crippen molar-refractivity contribution in [1.29, 1.82) is 0 Å². The van der Waals surface area contributed by atoms with Crippen LogP contribution in [-0.2, 0) is 5.54 Å². The van der Waals surface area contributed by atoms with E-state index in [0.29, 0.717) is 15.6 Å². The smallest absolute Gasteiger partial charge is 0.253 e. The van der Waals surface area contributed by atoms with Gasteiger partial charge < -0.3 is 5.32 Å². The van der Waals surface area contributed by atoms with Gasteiger partial charge in [0.2, 0.25) is 0 Å². The standard InChI is InChI=1S/C19H16Cl2N4O/c20-14-4-2-13(3-5-14)19(8-1-9-19)24-18(26)16-10-15(6-7-17(16)21)25-11-22-23-12-25/h2-7,10-12H,1,8-9H2,(H,24,26). The molecule has 2 aromatic carbocycles. The van der Waals surface area contributed by atoms with Crippen LogP contribution in [0.25, 0.3) is 5.69 Å². The Labute approximate surface area is 161 Å². The lowest BCUT2D eigenvalue weighted by atomic mass is 9.71. The molecule has 0 unspecified atom stereocenters. The van der Waals surface area contributed by atoms with Crippen molar-refractivity contribution in [2.24, 2.45) is 0 Å². The van der Waals surface area contributed by atoms with Crippen molar-refractivity contribution >= 4 is 29.1 Å². The van der Waals surface area contributed by atoms with Crippen LogP contribution in [0, 0.1) is 0 Å². The van der Waals surface area contributed by atoms with E-state index in [2.05, 4.69) is 15.5 Å². The molecule has 0 spiro atoms. The number of halogens is 2. The highest BCUT2D eigenvalue weighted by molar-refractivity contribution is 6.34. The summed E-state index contributed by atoms with van der Waals surface area (Å²) in [7, 11) is 0. The number of nitrogens with zero attached hydrogens (tertiary/aromatic N) is 3. The Balaban J connectivity index is 1.63. The Morgan fingerprint density at radius 1 is 1.04 bits per heavy atom. The van der Waals surface area contributed by atoms with Gasteiger partial charge in [0.05, 0.1) is 16.1 Å². The van der Waals surface area contributed by atoms with Crippen molar-refractivity contribution < 1.29 is 4.79 Å². The van der Waals surface area contributed by atoms with Crippen LogP contribution in [-0.4, -0.2) is 20.7 Å². The zero-order chi connectivity index (χ0) is 18.1. The van der Waals surface area contributed by atoms with E-state index in [1.807, 2.05) is 30.3 Å². The molecule has 1 N–H and O–H groups in total. The van der Waals surface area contributed by atoms with Gasteiger partial charge in [0.15, 0.2) is 0 Å². The van der Waals surface area contributed by atoms with Crippen LogP contribution in [0.1, 0.15) is 35.2 Å². The first kappa shape index (κ1) is 17.1. The molecule has 0 saturated heterocycles. The topological polar surface area (TPSA) is 59.8 Å². The summed E-state index contributed by atoms with van der Waals surface area (Å²) in [5, 5.41) is 11.9. The minimum atomic E-state index is -0.364. The number of hydrogen-bond acceptors (Lipinski definition) is 3. The number of rotatable bonds is 4. The third-order valence-corrected chi connectivity index (χ3v) is 5.45. The fraction of sp³-hybridized carbons (Fsp3) is 0.211. The lowest BCUT2D eigenvalue weighted by molar-refractivity contribution is 0.0823. The van der Waals surface area contributed by atoms with Crippen molar-refractivity contribution in [2.45, 2.75) is 24.8 Å². The summed E-state index contributed by atoms with van der Waals surface area (Å²) >= 11 is 12.3. The molecule has 1 aliphatic rings. The molecule has 1 fully saturated rings. The summed E-state index contributed by atoms with van der Waals surface area (Å²) in [6.45, 7) is 0. The number of carbonyl (C=O) groups excluding carboxylic acids is 1. The number of aromatic nitrogens is 3. The van der Waals surface area contributed by atoms with E-state index in [0.717, 1.165) is 30.5 Å². The first-order valence-electron chi connectivity index (χ1n) is 8.30. The Morgan fingerprint density at radius 2 is 1.73 bits per heavy atom. The second kappa shape index (κ2) is 6.74. The fourth-order valence-corrected chi connectivity index (χ4v) is 3.58. The average molecular weight is 387 g/mol. The van der Waals surface area contributed by atoms with Gasteiger partial charge in [-0.1, -0.05) is 35.3 Å². The molecule has 4 rings (SSSR count). The molecule has 0 atom stereocenters. The summed E-state index contributed by atoms with van der Waals surface area (Å²) < 4.78 is 1.73. The van der Waals surface area contributed by atoms with Gasteiger partial charge in [-0.05, 0) is 55.2 Å². The Morgan fingerprint density at radius 3 is 2.35 bits per heavy atom. The third kappa shape index (κ3) is 3.08. The van der Waals surface area contributed by atoms with Gasteiger partial charge in [-0.3, -0.25) is 9.36 Å². The van der Waals surface area contributed by atoms with Crippen molar-refractivity contribution in [3.05, 3.63) is 76.3 Å². The molecule has 3 aromatic rings. The summed E-state index contributed by atoms with van der Waals surface area (Å²) in [6, 6.07) is 12.9. The zero-order valence-electron chi connectivity index (χ0n) is 13.8. The molecule has 132 valence electrons. The summed E-state index contributed by atoms with van der Waals surface area (Å²) in [4.78, 5) is 13.0. The van der Waals surface area contributed by atoms with E-state index in [4.69, 9.17) is 23.2 Å². The maximum absolute atomic E-state index is 13.0. The van der Waals surface area contributed by atoms with E-state index >= 15 is 0 Å². The van der Waals surface area contributed by atoms with Gasteiger partial charge in [-0.15, -0.1) is 10.2 Å². The van der Waals surface area contributed by atoms with Crippen LogP contribution in [0.4, 0.5) is 0 Å². The van der Waals surface area contributed by atoms with Crippen LogP contribution < -0.4 is 5.32 Å². The Kier molecular flexibility index (Phi) is 4.42. The molecule has 1 heterocycles. The molecule has 0 radical (unpaired) electrons. The number of benzene rings is 2. The highest BCUT2D eigenvalue weighted by Crippen LogP contribution is 2.42. The summed E-state index contributed by atoms with van der Waals surface area (Å²) in [5.74, 6) is -0.195. The van der Waals surface area contributed by atoms with Crippen LogP contribution in [0.2, 0.25) is 10.0 Å². The molecule has 26 heavy (non-hydrogen) atoms. The number of carbonyl (C=O) groups is 1. The molecular weight excluding hydrogens is 371 g/mol. The third-order valence-electron chi connectivity index (χ3n) is 4.87. The minimum Gasteiger partial charge on any atom is -0.342 e. The Hall–Kier alpha value is -2.37. The largest absolute Gasteiger partial charge is 0.342 e. The van der Waals surface area contributed by atoms with Gasteiger partial charge in [0, 0.05) is 10.7 Å². The molecule has 0 aliphatic heterocycles. The average Bonchev–Trinajstić information content (AvgIpc) is 3.14. The van der Waals surface area contributed by atoms with Crippen LogP contribution in [0.15, 0.2) is 55.1 Å². The highest BCUT2D eigenvalue weighted by atomic mass is 35.5. The lowest BCUT2D eigenvalue weighted by Crippen LogP contribution is -2.50. The monoisotopic (exact) mass is 386 g/mol. The highest BCUT2D eigenvalue weighted by Gasteiger charge is 2.40. The molecule has 7 heteroatoms. The zero-order valence-corrected chi connectivity index (χ0v) is 15.3. The predicted molar refractivity (Wildman–Crippen MR) is 101 cm³/mol. The van der Waals surface area contributed by atoms with Crippen molar-refractivity contribution in [3.63, 3.8) is 0 Å². The number of hydrogen-bond donors (Lipinski definition) is 1. The van der Waals surface area contributed by atoms with E-state index in [1.54, 1.807) is 29.4 Å². The Bertz CT molecular complexity index is 935. The molecule has 1 aliphatic carbocycles. The number of amides is 1. The molecule has 1 aromatic heterocycles. The van der Waals surface area contributed by atoms with Gasteiger partial charge in [0.25, 0.3) is 5.91 Å². The van der Waals surface area contributed by atoms with E-state index in [1.165, 1.54) is 0 Å². The van der Waals surface area contributed by atoms with Gasteiger partial charge in [-0.2, -0.15) is 0 Å². The van der Waals surface area contributed by atoms with Gasteiger partial charge >= 0.3 is 0 Å². The SMILES string of the molecule is O=C(NC1(c2ccc(Cl)cc2)CCC1)c1cc(-n2cnnc2)ccc1Cl. The van der Waals surface area contributed by atoms with E-state index in [-0.39, 0.29) is 11.4 Å². The fourth-order valence-electron chi connectivity index (χ4n) is 3.25. The first-order chi connectivity index (χ1) is 12.6. The molecule has 1 saturated carbocycles. The normalized spacial score (nSPS) is 15.3. The predicted octanol–water partition coefficient (Wildman–Crippen LogP) is 4.38. The van der Waals surface area contributed by atoms with Crippen molar-refractivity contribution in [1.82, 2.24) is 20.1 Å². The van der Waals surface area contributed by atoms with Crippen LogP contribution in [0.3, 0.4) is 0 Å². The maximum Gasteiger partial charge on any atom is 0.253 e. The van der Waals surface area contributed by atoms with Crippen molar-refractivity contribution in [3.8, 4) is 5.69 Å². The van der Waals surface area contributed by atoms with E-state index in [9.17, 15) is 4.79 Å². The van der Waals surface area contributed by atoms with E-state index < -0.39 is 0 Å². The molecule has 1 amide bonds. The van der Waals surface area contributed by atoms with Crippen LogP contribution in [0.5, 0.6) is 0 Å². The maximum atomic E-state index is 13.0. The molecular formula is C19H16Cl2N4O. The van der Waals surface area contributed by atoms with Crippen molar-refractivity contribution in [2.75, 3.05) is 0 Å². The van der Waals surface area contributed by atoms with Crippen LogP contribution >= 0.6 is 23.2 Å². The molecule has 5 nitrogen and oxygen atoms in total. The minimum absolute atomic E-state index is 0.195. The second-order valence-corrected chi connectivity index (χ2v) is 7.27. The number of nitrogens with one attached hydrogen (secondary N) is 1. The quantitative estimate of drug-likeness (QED) is 0.723. The summed E-state index contributed by atoms with van der Waals surface area (Å²) in [6.07, 6.45) is 6.00. The van der Waals surface area contributed by atoms with Gasteiger partial charge in [-0.25, -0.2) is 0 Å². The lowest BCUT2D eigenvalue weighted by Gasteiger charge is -2.43. The molecule has 0 bridgehead atoms. The first-order valence-corrected chi connectivity index (χ1v) is 9.06. The second-order valence-electron chi connectivity index (χ2n) is 6.43. The van der Waals surface area contributed by atoms with Gasteiger partial charge in [0.1, 0.15) is 12.7 Å². The summed E-state index contributed by atoms with van der Waals surface area (Å²) in [5.41, 5.74) is 1.90.